The second kappa shape index (κ2) is 6.35. The summed E-state index contributed by atoms with van der Waals surface area (Å²) in [7, 11) is 0. The molecule has 0 aromatic heterocycles. The molecule has 0 aliphatic heterocycles. The molecule has 2 aromatic rings. The lowest BCUT2D eigenvalue weighted by atomic mass is 10.1. The van der Waals surface area contributed by atoms with Crippen molar-refractivity contribution in [3.05, 3.63) is 70.8 Å². The molecule has 3 nitrogen and oxygen atoms in total. The third-order valence-electron chi connectivity index (χ3n) is 3.38. The number of hydrogen-bond acceptors (Lipinski definition) is 2. The summed E-state index contributed by atoms with van der Waals surface area (Å²) >= 11 is 0. The molecular weight excluding hydrogens is 248 g/mol. The van der Waals surface area contributed by atoms with Gasteiger partial charge in [-0.15, -0.1) is 0 Å². The molecule has 0 bridgehead atoms. The highest BCUT2D eigenvalue weighted by molar-refractivity contribution is 5.94. The topological polar surface area (TPSA) is 55.1 Å². The summed E-state index contributed by atoms with van der Waals surface area (Å²) in [4.78, 5) is 12.1. The molecule has 104 valence electrons. The zero-order valence-corrected chi connectivity index (χ0v) is 11.9. The molecule has 0 spiro atoms. The Bertz CT molecular complexity index is 573. The van der Waals surface area contributed by atoms with E-state index in [1.54, 1.807) is 0 Å². The van der Waals surface area contributed by atoms with Crippen LogP contribution in [0.2, 0.25) is 0 Å². The molecule has 3 heteroatoms. The molecular formula is C17H20N2O. The second-order valence-electron chi connectivity index (χ2n) is 5.01. The predicted octanol–water partition coefficient (Wildman–Crippen LogP) is 2.94. The third kappa shape index (κ3) is 3.45. The fraction of sp³-hybridized carbons (Fsp3) is 0.235. The van der Waals surface area contributed by atoms with Crippen LogP contribution in [0.25, 0.3) is 0 Å². The normalized spacial score (nSPS) is 11.9. The lowest BCUT2D eigenvalue weighted by Crippen LogP contribution is -2.26. The molecule has 0 saturated heterocycles. The van der Waals surface area contributed by atoms with Gasteiger partial charge in [-0.2, -0.15) is 0 Å². The Balaban J connectivity index is 2.04. The van der Waals surface area contributed by atoms with Gasteiger partial charge in [-0.25, -0.2) is 0 Å². The average molecular weight is 268 g/mol. The molecule has 1 unspecified atom stereocenters. The lowest BCUT2D eigenvalue weighted by Gasteiger charge is -2.15. The SMILES string of the molecule is Cc1ccc(C(=O)NC(C)c2ccc(CN)cc2)cc1. The standard InChI is InChI=1S/C17H20N2O/c1-12-3-7-16(8-4-12)17(20)19-13(2)15-9-5-14(11-18)6-10-15/h3-10,13H,11,18H2,1-2H3,(H,19,20). The fourth-order valence-electron chi connectivity index (χ4n) is 2.01. The first kappa shape index (κ1) is 14.3. The van der Waals surface area contributed by atoms with E-state index in [0.717, 1.165) is 16.7 Å². The van der Waals surface area contributed by atoms with E-state index < -0.39 is 0 Å². The van der Waals surface area contributed by atoms with E-state index in [1.807, 2.05) is 62.4 Å². The molecule has 0 aliphatic carbocycles. The number of hydrogen-bond donors (Lipinski definition) is 2. The van der Waals surface area contributed by atoms with Crippen molar-refractivity contribution in [2.75, 3.05) is 0 Å². The van der Waals surface area contributed by atoms with Gasteiger partial charge < -0.3 is 11.1 Å². The van der Waals surface area contributed by atoms with Crippen molar-refractivity contribution in [1.82, 2.24) is 5.32 Å². The van der Waals surface area contributed by atoms with Gasteiger partial charge in [0, 0.05) is 12.1 Å². The quantitative estimate of drug-likeness (QED) is 0.895. The molecule has 20 heavy (non-hydrogen) atoms. The molecule has 0 fully saturated rings. The summed E-state index contributed by atoms with van der Waals surface area (Å²) in [5.41, 5.74) is 9.56. The van der Waals surface area contributed by atoms with Gasteiger partial charge in [0.25, 0.3) is 5.91 Å². The monoisotopic (exact) mass is 268 g/mol. The molecule has 0 radical (unpaired) electrons. The largest absolute Gasteiger partial charge is 0.346 e. The van der Waals surface area contributed by atoms with E-state index in [2.05, 4.69) is 5.32 Å². The van der Waals surface area contributed by atoms with Crippen molar-refractivity contribution in [2.24, 2.45) is 5.73 Å². The number of nitrogens with two attached hydrogens (primary N) is 1. The number of nitrogens with one attached hydrogen (secondary N) is 1. The van der Waals surface area contributed by atoms with Crippen LogP contribution in [0.15, 0.2) is 48.5 Å². The first-order valence-electron chi connectivity index (χ1n) is 6.76. The van der Waals surface area contributed by atoms with Crippen molar-refractivity contribution in [1.29, 1.82) is 0 Å². The first-order valence-corrected chi connectivity index (χ1v) is 6.76. The van der Waals surface area contributed by atoms with Crippen LogP contribution in [-0.2, 0) is 6.54 Å². The smallest absolute Gasteiger partial charge is 0.251 e. The van der Waals surface area contributed by atoms with E-state index in [4.69, 9.17) is 5.73 Å². The number of amides is 1. The van der Waals surface area contributed by atoms with Gasteiger partial charge in [-0.1, -0.05) is 42.0 Å². The summed E-state index contributed by atoms with van der Waals surface area (Å²) in [6, 6.07) is 15.5. The van der Waals surface area contributed by atoms with E-state index in [1.165, 1.54) is 0 Å². The Labute approximate surface area is 119 Å². The summed E-state index contributed by atoms with van der Waals surface area (Å²) < 4.78 is 0. The minimum Gasteiger partial charge on any atom is -0.346 e. The molecule has 2 rings (SSSR count). The van der Waals surface area contributed by atoms with Crippen molar-refractivity contribution in [3.63, 3.8) is 0 Å². The third-order valence-corrected chi connectivity index (χ3v) is 3.38. The van der Waals surface area contributed by atoms with Gasteiger partial charge in [0.2, 0.25) is 0 Å². The van der Waals surface area contributed by atoms with Gasteiger partial charge in [-0.05, 0) is 37.1 Å². The minimum atomic E-state index is -0.0552. The van der Waals surface area contributed by atoms with E-state index >= 15 is 0 Å². The number of carbonyl (C=O) groups excluding carboxylic acids is 1. The Morgan fingerprint density at radius 3 is 2.25 bits per heavy atom. The van der Waals surface area contributed by atoms with Crippen LogP contribution in [0.4, 0.5) is 0 Å². The van der Waals surface area contributed by atoms with E-state index in [0.29, 0.717) is 12.1 Å². The van der Waals surface area contributed by atoms with Crippen LogP contribution in [-0.4, -0.2) is 5.91 Å². The van der Waals surface area contributed by atoms with E-state index in [9.17, 15) is 4.79 Å². The highest BCUT2D eigenvalue weighted by Crippen LogP contribution is 2.14. The summed E-state index contributed by atoms with van der Waals surface area (Å²) in [6.07, 6.45) is 0. The fourth-order valence-corrected chi connectivity index (χ4v) is 2.01. The van der Waals surface area contributed by atoms with Gasteiger partial charge in [-0.3, -0.25) is 4.79 Å². The van der Waals surface area contributed by atoms with Gasteiger partial charge in [0.15, 0.2) is 0 Å². The zero-order valence-electron chi connectivity index (χ0n) is 11.9. The Morgan fingerprint density at radius 2 is 1.70 bits per heavy atom. The lowest BCUT2D eigenvalue weighted by molar-refractivity contribution is 0.0940. The Kier molecular flexibility index (Phi) is 4.53. The van der Waals surface area contributed by atoms with Crippen LogP contribution in [0.5, 0.6) is 0 Å². The van der Waals surface area contributed by atoms with Crippen LogP contribution in [0.3, 0.4) is 0 Å². The molecule has 3 N–H and O–H groups in total. The van der Waals surface area contributed by atoms with Crippen LogP contribution in [0.1, 0.15) is 40.0 Å². The maximum Gasteiger partial charge on any atom is 0.251 e. The summed E-state index contributed by atoms with van der Waals surface area (Å²) in [6.45, 7) is 4.51. The number of aryl methyl sites for hydroxylation is 1. The van der Waals surface area contributed by atoms with E-state index in [-0.39, 0.29) is 11.9 Å². The first-order chi connectivity index (χ1) is 9.60. The molecule has 1 amide bonds. The maximum atomic E-state index is 12.1. The Hall–Kier alpha value is -2.13. The van der Waals surface area contributed by atoms with Crippen LogP contribution >= 0.6 is 0 Å². The van der Waals surface area contributed by atoms with Crippen molar-refractivity contribution in [2.45, 2.75) is 26.4 Å². The molecule has 2 aromatic carbocycles. The number of rotatable bonds is 4. The number of carbonyl (C=O) groups is 1. The van der Waals surface area contributed by atoms with Crippen molar-refractivity contribution < 1.29 is 4.79 Å². The Morgan fingerprint density at radius 1 is 1.10 bits per heavy atom. The molecule has 0 heterocycles. The van der Waals surface area contributed by atoms with Crippen LogP contribution < -0.4 is 11.1 Å². The predicted molar refractivity (Wildman–Crippen MR) is 81.4 cm³/mol. The molecule has 0 saturated carbocycles. The second-order valence-corrected chi connectivity index (χ2v) is 5.01. The molecule has 0 aliphatic rings. The summed E-state index contributed by atoms with van der Waals surface area (Å²) in [5, 5.41) is 3.00. The average Bonchev–Trinajstić information content (AvgIpc) is 2.48. The van der Waals surface area contributed by atoms with Gasteiger partial charge in [0.1, 0.15) is 0 Å². The highest BCUT2D eigenvalue weighted by Gasteiger charge is 2.11. The number of benzene rings is 2. The maximum absolute atomic E-state index is 12.1. The highest BCUT2D eigenvalue weighted by atomic mass is 16.1. The molecule has 1 atom stereocenters. The van der Waals surface area contributed by atoms with Gasteiger partial charge in [0.05, 0.1) is 6.04 Å². The zero-order chi connectivity index (χ0) is 14.5. The van der Waals surface area contributed by atoms with Crippen molar-refractivity contribution >= 4 is 5.91 Å². The van der Waals surface area contributed by atoms with Gasteiger partial charge >= 0.3 is 0 Å². The van der Waals surface area contributed by atoms with Crippen LogP contribution in [0, 0.1) is 6.92 Å². The minimum absolute atomic E-state index is 0.0318. The summed E-state index contributed by atoms with van der Waals surface area (Å²) in [5.74, 6) is -0.0552. The van der Waals surface area contributed by atoms with Crippen molar-refractivity contribution in [3.8, 4) is 0 Å².